The van der Waals surface area contributed by atoms with E-state index in [9.17, 15) is 9.59 Å². The van der Waals surface area contributed by atoms with Gasteiger partial charge in [-0.3, -0.25) is 0 Å². The largest absolute Gasteiger partial charge is 0.480 e. The molecule has 1 rings (SSSR count). The molecule has 0 aromatic heterocycles. The number of carbonyl (C=O) groups is 2. The van der Waals surface area contributed by atoms with E-state index in [1.807, 2.05) is 0 Å². The average molecular weight is 268 g/mol. The molecular weight excluding hydrogens is 244 g/mol. The number of hydrogen-bond donors (Lipinski definition) is 3. The summed E-state index contributed by atoms with van der Waals surface area (Å²) in [6.45, 7) is 5.62. The third kappa shape index (κ3) is 4.93. The second-order valence-corrected chi connectivity index (χ2v) is 5.09. The summed E-state index contributed by atoms with van der Waals surface area (Å²) in [7, 11) is 0. The van der Waals surface area contributed by atoms with Crippen molar-refractivity contribution in [1.29, 1.82) is 0 Å². The first-order valence-corrected chi connectivity index (χ1v) is 6.99. The Morgan fingerprint density at radius 2 is 2.11 bits per heavy atom. The van der Waals surface area contributed by atoms with Gasteiger partial charge in [-0.15, -0.1) is 6.58 Å². The van der Waals surface area contributed by atoms with Gasteiger partial charge in [0.25, 0.3) is 0 Å². The van der Waals surface area contributed by atoms with Crippen LogP contribution in [0.3, 0.4) is 0 Å². The minimum Gasteiger partial charge on any atom is -0.480 e. The van der Waals surface area contributed by atoms with Gasteiger partial charge in [-0.05, 0) is 25.2 Å². The third-order valence-corrected chi connectivity index (χ3v) is 3.76. The van der Waals surface area contributed by atoms with Crippen molar-refractivity contribution in [3.8, 4) is 0 Å². The summed E-state index contributed by atoms with van der Waals surface area (Å²) in [6.07, 6.45) is 7.21. The summed E-state index contributed by atoms with van der Waals surface area (Å²) in [6, 6.07) is -1.13. The van der Waals surface area contributed by atoms with Crippen LogP contribution in [0, 0.1) is 5.92 Å². The molecule has 3 N–H and O–H groups in total. The fourth-order valence-corrected chi connectivity index (χ4v) is 2.64. The fourth-order valence-electron chi connectivity index (χ4n) is 2.64. The summed E-state index contributed by atoms with van der Waals surface area (Å²) in [5, 5.41) is 14.4. The summed E-state index contributed by atoms with van der Waals surface area (Å²) < 4.78 is 0. The van der Waals surface area contributed by atoms with Gasteiger partial charge in [0.15, 0.2) is 0 Å². The van der Waals surface area contributed by atoms with Crippen molar-refractivity contribution in [2.24, 2.45) is 5.92 Å². The van der Waals surface area contributed by atoms with Gasteiger partial charge in [0, 0.05) is 6.04 Å². The number of carbonyl (C=O) groups excluding carboxylic acids is 1. The second kappa shape index (κ2) is 7.81. The highest BCUT2D eigenvalue weighted by Crippen LogP contribution is 2.26. The molecule has 108 valence electrons. The van der Waals surface area contributed by atoms with E-state index in [1.165, 1.54) is 12.5 Å². The lowest BCUT2D eigenvalue weighted by Gasteiger charge is -2.31. The summed E-state index contributed by atoms with van der Waals surface area (Å²) in [5.74, 6) is -0.534. The summed E-state index contributed by atoms with van der Waals surface area (Å²) in [4.78, 5) is 22.8. The van der Waals surface area contributed by atoms with E-state index in [1.54, 1.807) is 0 Å². The molecule has 3 unspecified atom stereocenters. The Kier molecular flexibility index (Phi) is 6.39. The van der Waals surface area contributed by atoms with Crippen LogP contribution in [0.2, 0.25) is 0 Å². The molecule has 0 spiro atoms. The molecule has 1 saturated carbocycles. The molecule has 1 fully saturated rings. The van der Waals surface area contributed by atoms with Crippen molar-refractivity contribution in [1.82, 2.24) is 10.6 Å². The number of amides is 2. The van der Waals surface area contributed by atoms with E-state index in [4.69, 9.17) is 5.11 Å². The quantitative estimate of drug-likeness (QED) is 0.647. The molecule has 5 heteroatoms. The number of urea groups is 1. The normalized spacial score (nSPS) is 24.3. The van der Waals surface area contributed by atoms with Gasteiger partial charge in [0.2, 0.25) is 0 Å². The zero-order valence-electron chi connectivity index (χ0n) is 11.5. The standard InChI is InChI=1S/C14H24N2O3/c1-3-7-12(13(17)18)16-14(19)15-11-9-6-5-8-10(11)4-2/h3,10-12H,1,4-9H2,2H3,(H,17,18)(H2,15,16,19). The number of carboxylic acids is 1. The molecule has 2 amide bonds. The summed E-state index contributed by atoms with van der Waals surface area (Å²) in [5.41, 5.74) is 0. The Hall–Kier alpha value is -1.52. The number of hydrogen-bond acceptors (Lipinski definition) is 2. The van der Waals surface area contributed by atoms with Crippen LogP contribution < -0.4 is 10.6 Å². The van der Waals surface area contributed by atoms with E-state index in [-0.39, 0.29) is 18.5 Å². The lowest BCUT2D eigenvalue weighted by molar-refractivity contribution is -0.139. The number of rotatable bonds is 6. The van der Waals surface area contributed by atoms with E-state index < -0.39 is 12.0 Å². The molecule has 0 bridgehead atoms. The lowest BCUT2D eigenvalue weighted by atomic mass is 9.83. The molecule has 1 aliphatic carbocycles. The zero-order valence-corrected chi connectivity index (χ0v) is 11.5. The molecular formula is C14H24N2O3. The highest BCUT2D eigenvalue weighted by molar-refractivity contribution is 5.82. The third-order valence-electron chi connectivity index (χ3n) is 3.76. The van der Waals surface area contributed by atoms with Crippen LogP contribution in [-0.2, 0) is 4.79 Å². The maximum atomic E-state index is 11.8. The molecule has 0 saturated heterocycles. The second-order valence-electron chi connectivity index (χ2n) is 5.09. The molecule has 19 heavy (non-hydrogen) atoms. The van der Waals surface area contributed by atoms with Crippen LogP contribution in [0.1, 0.15) is 45.4 Å². The lowest BCUT2D eigenvalue weighted by Crippen LogP contribution is -2.51. The van der Waals surface area contributed by atoms with Crippen molar-refractivity contribution < 1.29 is 14.7 Å². The molecule has 0 aromatic rings. The number of nitrogens with one attached hydrogen (secondary N) is 2. The summed E-state index contributed by atoms with van der Waals surface area (Å²) >= 11 is 0. The SMILES string of the molecule is C=CCC(NC(=O)NC1CCCCC1CC)C(=O)O. The van der Waals surface area contributed by atoms with Crippen molar-refractivity contribution in [3.05, 3.63) is 12.7 Å². The van der Waals surface area contributed by atoms with Crippen LogP contribution in [-0.4, -0.2) is 29.2 Å². The van der Waals surface area contributed by atoms with Crippen molar-refractivity contribution >= 4 is 12.0 Å². The van der Waals surface area contributed by atoms with E-state index in [2.05, 4.69) is 24.1 Å². The predicted molar refractivity (Wildman–Crippen MR) is 73.9 cm³/mol. The van der Waals surface area contributed by atoms with Crippen LogP contribution in [0.15, 0.2) is 12.7 Å². The highest BCUT2D eigenvalue weighted by Gasteiger charge is 2.26. The van der Waals surface area contributed by atoms with Gasteiger partial charge in [-0.25, -0.2) is 9.59 Å². The first kappa shape index (κ1) is 15.5. The van der Waals surface area contributed by atoms with Crippen molar-refractivity contribution in [2.75, 3.05) is 0 Å². The van der Waals surface area contributed by atoms with Crippen LogP contribution >= 0.6 is 0 Å². The molecule has 3 atom stereocenters. The first-order valence-electron chi connectivity index (χ1n) is 6.99. The Morgan fingerprint density at radius 3 is 2.68 bits per heavy atom. The van der Waals surface area contributed by atoms with Gasteiger partial charge < -0.3 is 15.7 Å². The van der Waals surface area contributed by atoms with Crippen LogP contribution in [0.4, 0.5) is 4.79 Å². The van der Waals surface area contributed by atoms with Gasteiger partial charge in [0.05, 0.1) is 0 Å². The first-order chi connectivity index (χ1) is 9.08. The van der Waals surface area contributed by atoms with Gasteiger partial charge >= 0.3 is 12.0 Å². The van der Waals surface area contributed by atoms with Gasteiger partial charge in [0.1, 0.15) is 6.04 Å². The minimum atomic E-state index is -1.04. The molecule has 0 aliphatic heterocycles. The molecule has 0 heterocycles. The topological polar surface area (TPSA) is 78.4 Å². The fraction of sp³-hybridized carbons (Fsp3) is 0.714. The van der Waals surface area contributed by atoms with E-state index in [0.717, 1.165) is 25.7 Å². The van der Waals surface area contributed by atoms with Crippen LogP contribution in [0.25, 0.3) is 0 Å². The molecule has 5 nitrogen and oxygen atoms in total. The van der Waals surface area contributed by atoms with E-state index in [0.29, 0.717) is 5.92 Å². The molecule has 0 aromatic carbocycles. The minimum absolute atomic E-state index is 0.164. The maximum absolute atomic E-state index is 11.8. The zero-order chi connectivity index (χ0) is 14.3. The molecule has 0 radical (unpaired) electrons. The average Bonchev–Trinajstić information content (AvgIpc) is 2.38. The van der Waals surface area contributed by atoms with Gasteiger partial charge in [-0.2, -0.15) is 0 Å². The Labute approximate surface area is 114 Å². The number of aliphatic carboxylic acids is 1. The van der Waals surface area contributed by atoms with Crippen molar-refractivity contribution in [3.63, 3.8) is 0 Å². The van der Waals surface area contributed by atoms with Crippen LogP contribution in [0.5, 0.6) is 0 Å². The monoisotopic (exact) mass is 268 g/mol. The highest BCUT2D eigenvalue weighted by atomic mass is 16.4. The van der Waals surface area contributed by atoms with Crippen molar-refractivity contribution in [2.45, 2.75) is 57.5 Å². The Bertz CT molecular complexity index is 331. The van der Waals surface area contributed by atoms with E-state index >= 15 is 0 Å². The Balaban J connectivity index is 2.48. The molecule has 1 aliphatic rings. The number of carboxylic acid groups (broad SMARTS) is 1. The smallest absolute Gasteiger partial charge is 0.326 e. The van der Waals surface area contributed by atoms with Gasteiger partial charge in [-0.1, -0.05) is 32.3 Å². The maximum Gasteiger partial charge on any atom is 0.326 e. The Morgan fingerprint density at radius 1 is 1.42 bits per heavy atom. The predicted octanol–water partition coefficient (Wildman–Crippen LogP) is 2.28.